The largest absolute Gasteiger partial charge is 0.493 e. The lowest BCUT2D eigenvalue weighted by atomic mass is 10.0. The van der Waals surface area contributed by atoms with Gasteiger partial charge in [-0.1, -0.05) is 12.6 Å². The van der Waals surface area contributed by atoms with Crippen molar-refractivity contribution in [2.75, 3.05) is 20.8 Å². The summed E-state index contributed by atoms with van der Waals surface area (Å²) in [5.74, 6) is 2.62. The highest BCUT2D eigenvalue weighted by atomic mass is 16.5. The number of methoxy groups -OCH3 is 2. The van der Waals surface area contributed by atoms with Crippen LogP contribution >= 0.6 is 0 Å². The Bertz CT molecular complexity index is 1060. The summed E-state index contributed by atoms with van der Waals surface area (Å²) in [5, 5.41) is 7.84. The zero-order valence-corrected chi connectivity index (χ0v) is 17.4. The molecule has 0 radical (unpaired) electrons. The predicted molar refractivity (Wildman–Crippen MR) is 114 cm³/mol. The first-order chi connectivity index (χ1) is 14.0. The Hall–Kier alpha value is -3.15. The molecule has 152 valence electrons. The maximum atomic E-state index is 6.46. The minimum absolute atomic E-state index is 0.0560. The van der Waals surface area contributed by atoms with Gasteiger partial charge in [0.05, 0.1) is 20.4 Å². The third kappa shape index (κ3) is 3.62. The molecular formula is C23H27N3O3. The fourth-order valence-electron chi connectivity index (χ4n) is 3.86. The lowest BCUT2D eigenvalue weighted by molar-refractivity contribution is 0.163. The lowest BCUT2D eigenvalue weighted by Crippen LogP contribution is -2.25. The number of allylic oxidation sites excluding steroid dienone is 1. The van der Waals surface area contributed by atoms with Crippen molar-refractivity contribution in [3.05, 3.63) is 54.5 Å². The van der Waals surface area contributed by atoms with E-state index in [0.29, 0.717) is 17.4 Å². The van der Waals surface area contributed by atoms with Gasteiger partial charge < -0.3 is 19.5 Å². The standard InChI is InChI=1S/C23H27N3O3/c1-14-11-25-26-13-19(17-6-7-20(27-4)21(9-17)28-5)10-22(23(14)26)29-16(3)18-8-15(2)24-12-18/h6-7,9-11,13,16,18,24H,2,8,12H2,1,3-5H3/t16-,18-/m1/s1. The summed E-state index contributed by atoms with van der Waals surface area (Å²) in [6.07, 6.45) is 4.87. The number of ether oxygens (including phenoxy) is 3. The van der Waals surface area contributed by atoms with Crippen LogP contribution < -0.4 is 19.5 Å². The SMILES string of the molecule is C=C1C[C@@H]([C@@H](C)Oc2cc(-c3ccc(OC)c(OC)c3)cn3ncc(C)c23)CN1. The molecule has 3 aromatic rings. The quantitative estimate of drug-likeness (QED) is 0.680. The average Bonchev–Trinajstić information content (AvgIpc) is 3.33. The number of hydrogen-bond donors (Lipinski definition) is 1. The van der Waals surface area contributed by atoms with E-state index in [1.165, 1.54) is 0 Å². The van der Waals surface area contributed by atoms with Gasteiger partial charge in [0.2, 0.25) is 0 Å². The number of aromatic nitrogens is 2. The first-order valence-corrected chi connectivity index (χ1v) is 9.79. The van der Waals surface area contributed by atoms with Crippen molar-refractivity contribution in [1.82, 2.24) is 14.9 Å². The summed E-state index contributed by atoms with van der Waals surface area (Å²) in [6.45, 7) is 9.10. The van der Waals surface area contributed by atoms with E-state index in [1.54, 1.807) is 14.2 Å². The van der Waals surface area contributed by atoms with Crippen LogP contribution in [0.2, 0.25) is 0 Å². The average molecular weight is 393 g/mol. The van der Waals surface area contributed by atoms with E-state index < -0.39 is 0 Å². The third-order valence-electron chi connectivity index (χ3n) is 5.58. The van der Waals surface area contributed by atoms with Gasteiger partial charge in [0, 0.05) is 29.9 Å². The molecule has 3 heterocycles. The normalized spacial score (nSPS) is 17.2. The molecule has 1 saturated heterocycles. The van der Waals surface area contributed by atoms with E-state index >= 15 is 0 Å². The van der Waals surface area contributed by atoms with Crippen LogP contribution in [0.15, 0.2) is 48.9 Å². The van der Waals surface area contributed by atoms with Gasteiger partial charge >= 0.3 is 0 Å². The van der Waals surface area contributed by atoms with Gasteiger partial charge in [0.1, 0.15) is 17.4 Å². The minimum atomic E-state index is 0.0560. The van der Waals surface area contributed by atoms with Crippen molar-refractivity contribution in [3.8, 4) is 28.4 Å². The number of hydrogen-bond acceptors (Lipinski definition) is 5. The number of nitrogens with one attached hydrogen (secondary N) is 1. The highest BCUT2D eigenvalue weighted by molar-refractivity contribution is 5.74. The number of benzene rings is 1. The Morgan fingerprint density at radius 3 is 2.59 bits per heavy atom. The smallest absolute Gasteiger partial charge is 0.161 e. The van der Waals surface area contributed by atoms with Gasteiger partial charge in [-0.3, -0.25) is 0 Å². The van der Waals surface area contributed by atoms with Crippen LogP contribution in [0.25, 0.3) is 16.6 Å². The number of nitrogens with zero attached hydrogens (tertiary/aromatic N) is 2. The topological polar surface area (TPSA) is 57.0 Å². The van der Waals surface area contributed by atoms with Crippen LogP contribution in [0.1, 0.15) is 18.9 Å². The maximum Gasteiger partial charge on any atom is 0.161 e. The molecule has 29 heavy (non-hydrogen) atoms. The Morgan fingerprint density at radius 2 is 1.90 bits per heavy atom. The number of pyridine rings is 1. The number of fused-ring (bicyclic) bond motifs is 1. The van der Waals surface area contributed by atoms with E-state index in [4.69, 9.17) is 14.2 Å². The minimum Gasteiger partial charge on any atom is -0.493 e. The summed E-state index contributed by atoms with van der Waals surface area (Å²) in [7, 11) is 3.28. The van der Waals surface area contributed by atoms with Crippen molar-refractivity contribution in [2.45, 2.75) is 26.4 Å². The zero-order chi connectivity index (χ0) is 20.5. The van der Waals surface area contributed by atoms with E-state index in [2.05, 4.69) is 36.9 Å². The molecule has 1 aromatic carbocycles. The summed E-state index contributed by atoms with van der Waals surface area (Å²) in [5.41, 5.74) is 5.16. The van der Waals surface area contributed by atoms with Crippen molar-refractivity contribution in [2.24, 2.45) is 5.92 Å². The number of aryl methyl sites for hydroxylation is 1. The van der Waals surface area contributed by atoms with Gasteiger partial charge in [0.25, 0.3) is 0 Å². The molecule has 1 aliphatic heterocycles. The second kappa shape index (κ2) is 7.70. The highest BCUT2D eigenvalue weighted by Gasteiger charge is 2.26. The van der Waals surface area contributed by atoms with Crippen molar-refractivity contribution in [3.63, 3.8) is 0 Å². The Labute approximate surface area is 171 Å². The molecule has 1 fully saturated rings. The molecule has 2 atom stereocenters. The Balaban J connectivity index is 1.74. The van der Waals surface area contributed by atoms with Gasteiger partial charge in [-0.15, -0.1) is 0 Å². The molecule has 6 nitrogen and oxygen atoms in total. The number of rotatable bonds is 6. The van der Waals surface area contributed by atoms with Crippen LogP contribution in [-0.2, 0) is 0 Å². The molecule has 0 unspecified atom stereocenters. The molecule has 4 rings (SSSR count). The van der Waals surface area contributed by atoms with E-state index in [0.717, 1.165) is 46.6 Å². The van der Waals surface area contributed by atoms with E-state index in [-0.39, 0.29) is 6.10 Å². The van der Waals surface area contributed by atoms with Gasteiger partial charge in [0.15, 0.2) is 11.5 Å². The Kier molecular flexibility index (Phi) is 5.09. The van der Waals surface area contributed by atoms with Gasteiger partial charge in [-0.25, -0.2) is 4.52 Å². The van der Waals surface area contributed by atoms with Crippen molar-refractivity contribution >= 4 is 5.52 Å². The van der Waals surface area contributed by atoms with E-state index in [1.807, 2.05) is 35.1 Å². The first kappa shape index (κ1) is 19.2. The van der Waals surface area contributed by atoms with Crippen LogP contribution in [0.5, 0.6) is 17.2 Å². The summed E-state index contributed by atoms with van der Waals surface area (Å²) >= 11 is 0. The Morgan fingerprint density at radius 1 is 1.14 bits per heavy atom. The van der Waals surface area contributed by atoms with Crippen LogP contribution in [0, 0.1) is 12.8 Å². The van der Waals surface area contributed by atoms with Crippen molar-refractivity contribution < 1.29 is 14.2 Å². The van der Waals surface area contributed by atoms with Gasteiger partial charge in [-0.2, -0.15) is 5.10 Å². The molecule has 0 amide bonds. The maximum absolute atomic E-state index is 6.46. The molecular weight excluding hydrogens is 366 g/mol. The molecule has 1 aliphatic rings. The first-order valence-electron chi connectivity index (χ1n) is 9.79. The molecule has 0 bridgehead atoms. The second-order valence-electron chi connectivity index (χ2n) is 7.56. The van der Waals surface area contributed by atoms with Gasteiger partial charge in [-0.05, 0) is 49.6 Å². The molecule has 0 aliphatic carbocycles. The fourth-order valence-corrected chi connectivity index (χ4v) is 3.86. The third-order valence-corrected chi connectivity index (χ3v) is 5.58. The monoisotopic (exact) mass is 393 g/mol. The summed E-state index contributed by atoms with van der Waals surface area (Å²) < 4.78 is 19.2. The van der Waals surface area contributed by atoms with Crippen LogP contribution in [0.3, 0.4) is 0 Å². The summed E-state index contributed by atoms with van der Waals surface area (Å²) in [6, 6.07) is 7.97. The predicted octanol–water partition coefficient (Wildman–Crippen LogP) is 4.22. The molecule has 2 aromatic heterocycles. The zero-order valence-electron chi connectivity index (χ0n) is 17.4. The molecule has 1 N–H and O–H groups in total. The fraction of sp³-hybridized carbons (Fsp3) is 0.348. The van der Waals surface area contributed by atoms with Crippen LogP contribution in [0.4, 0.5) is 0 Å². The molecule has 0 saturated carbocycles. The molecule has 6 heteroatoms. The second-order valence-corrected chi connectivity index (χ2v) is 7.56. The lowest BCUT2D eigenvalue weighted by Gasteiger charge is -2.21. The highest BCUT2D eigenvalue weighted by Crippen LogP contribution is 2.36. The van der Waals surface area contributed by atoms with Crippen LogP contribution in [-0.4, -0.2) is 36.5 Å². The van der Waals surface area contributed by atoms with E-state index in [9.17, 15) is 0 Å². The molecule has 0 spiro atoms. The van der Waals surface area contributed by atoms with Crippen molar-refractivity contribution in [1.29, 1.82) is 0 Å². The summed E-state index contributed by atoms with van der Waals surface area (Å²) in [4.78, 5) is 0.